The zero-order chi connectivity index (χ0) is 72.1. The Morgan fingerprint density at radius 3 is 1.53 bits per heavy atom. The summed E-state index contributed by atoms with van der Waals surface area (Å²) in [6.45, 7) is 3.95. The standard InChI is InChI=1S/C63H86N16O19/c1-32(2)23-40(73-58(93)42(25-35-12-16-38(81)17-13-35)72-54(89)39(64)18-19-49(65)82)57(92)76-45(27-50(66)83)61(96)78-21-5-8-47(78)63(98)79-22-6-9-48(79)62(97)77-20-4-7-46(77)60(95)75-41(24-34-10-14-37(80)15-11-34)56(91)70-33(3)53(88)71-44(28-51(84)85)59(94)74-43(26-36-29-67-31-69-36)55(90)68-30-52(86)87/h10-17,29,31-33,39-48,80-81H,4-9,18-28,30,64H2,1-3H3,(H2,65,82)(H2,66,83)(H,67,69)(H,68,90)(H,70,91)(H,71,88)(H,72,89)(H,73,93)(H,74,94)(H,75,95)(H,76,92)(H,84,85)(H,86,87)/t33-,39-,40-,41-,42-,43-,44-,45-,46-,47-,48-/m0/s1. The van der Waals surface area contributed by atoms with Gasteiger partial charge in [-0.1, -0.05) is 38.1 Å². The molecule has 3 aliphatic rings. The number of nitrogens with two attached hydrogens (primary N) is 3. The van der Waals surface area contributed by atoms with Crippen molar-refractivity contribution in [2.24, 2.45) is 23.1 Å². The zero-order valence-electron chi connectivity index (χ0n) is 54.4. The molecule has 0 unspecified atom stereocenters. The van der Waals surface area contributed by atoms with E-state index in [1.807, 2.05) is 0 Å². The van der Waals surface area contributed by atoms with Gasteiger partial charge in [-0.3, -0.25) is 71.9 Å². The van der Waals surface area contributed by atoms with Crippen LogP contribution in [0.5, 0.6) is 11.5 Å². The number of hydrogen-bond acceptors (Lipinski definition) is 19. The maximum Gasteiger partial charge on any atom is 0.322 e. The van der Waals surface area contributed by atoms with Crippen molar-refractivity contribution in [3.05, 3.63) is 77.9 Å². The number of imidazole rings is 1. The van der Waals surface area contributed by atoms with Crippen molar-refractivity contribution < 1.29 is 92.3 Å². The van der Waals surface area contributed by atoms with Crippen LogP contribution in [0.25, 0.3) is 0 Å². The number of nitrogens with one attached hydrogen (secondary N) is 9. The number of aromatic amines is 1. The van der Waals surface area contributed by atoms with E-state index in [1.165, 1.54) is 82.7 Å². The van der Waals surface area contributed by atoms with Crippen LogP contribution in [0, 0.1) is 5.92 Å². The highest BCUT2D eigenvalue weighted by atomic mass is 16.4. The number of carboxylic acids is 2. The van der Waals surface area contributed by atoms with Gasteiger partial charge >= 0.3 is 11.9 Å². The van der Waals surface area contributed by atoms with Crippen molar-refractivity contribution in [1.29, 1.82) is 0 Å². The average molecular weight is 1370 g/mol. The molecule has 3 aliphatic heterocycles. The third-order valence-electron chi connectivity index (χ3n) is 16.7. The van der Waals surface area contributed by atoms with E-state index in [4.69, 9.17) is 22.3 Å². The molecule has 532 valence electrons. The van der Waals surface area contributed by atoms with Gasteiger partial charge in [0.1, 0.15) is 78.5 Å². The number of carbonyl (C=O) groups is 15. The van der Waals surface area contributed by atoms with Crippen molar-refractivity contribution in [2.45, 2.75) is 177 Å². The van der Waals surface area contributed by atoms with Gasteiger partial charge in [-0.15, -0.1) is 0 Å². The molecule has 98 heavy (non-hydrogen) atoms. The molecule has 6 rings (SSSR count). The third kappa shape index (κ3) is 22.4. The minimum atomic E-state index is -1.86. The van der Waals surface area contributed by atoms with E-state index in [1.54, 1.807) is 13.8 Å². The highest BCUT2D eigenvalue weighted by Gasteiger charge is 2.47. The lowest BCUT2D eigenvalue weighted by Gasteiger charge is -2.35. The van der Waals surface area contributed by atoms with Crippen molar-refractivity contribution in [3.8, 4) is 11.5 Å². The first-order valence-corrected chi connectivity index (χ1v) is 32.0. The smallest absolute Gasteiger partial charge is 0.322 e. The van der Waals surface area contributed by atoms with Gasteiger partial charge < -0.3 is 99.8 Å². The second kappa shape index (κ2) is 35.8. The number of carboxylic acid groups (broad SMARTS) is 2. The molecular formula is C63H86N16O19. The SMILES string of the molecule is CC(C)C[C@H](NC(=O)[C@H](Cc1ccc(O)cc1)NC(=O)[C@@H](N)CCC(N)=O)C(=O)N[C@@H](CC(N)=O)C(=O)N1CCC[C@H]1C(=O)N1CCC[C@H]1C(=O)N1CCC[C@H]1C(=O)N[C@@H](Cc1ccc(O)cc1)C(=O)N[C@@H](C)C(=O)N[C@@H](CC(=O)O)C(=O)N[C@@H](Cc1cnc[nH]1)C(=O)NCC(=O)O. The maximum atomic E-state index is 14.8. The number of carbonyl (C=O) groups excluding carboxylic acids is 13. The molecule has 1 aromatic heterocycles. The predicted molar refractivity (Wildman–Crippen MR) is 342 cm³/mol. The first-order chi connectivity index (χ1) is 46.4. The molecule has 4 heterocycles. The van der Waals surface area contributed by atoms with Gasteiger partial charge in [-0.2, -0.15) is 0 Å². The maximum absolute atomic E-state index is 14.8. The zero-order valence-corrected chi connectivity index (χ0v) is 54.4. The van der Waals surface area contributed by atoms with Crippen molar-refractivity contribution in [2.75, 3.05) is 26.2 Å². The van der Waals surface area contributed by atoms with Crippen LogP contribution in [-0.4, -0.2) is 226 Å². The normalized spacial score (nSPS) is 18.3. The summed E-state index contributed by atoms with van der Waals surface area (Å²) in [5.41, 5.74) is 18.1. The summed E-state index contributed by atoms with van der Waals surface area (Å²) < 4.78 is 0. The number of amides is 13. The largest absolute Gasteiger partial charge is 0.508 e. The number of aromatic nitrogens is 2. The minimum absolute atomic E-state index is 0.0212. The van der Waals surface area contributed by atoms with Crippen LogP contribution >= 0.6 is 0 Å². The van der Waals surface area contributed by atoms with Gasteiger partial charge in [-0.25, -0.2) is 4.98 Å². The van der Waals surface area contributed by atoms with Gasteiger partial charge in [0.25, 0.3) is 0 Å². The Morgan fingerprint density at radius 2 is 1.00 bits per heavy atom. The fourth-order valence-electron chi connectivity index (χ4n) is 11.7. The first-order valence-electron chi connectivity index (χ1n) is 32.0. The molecule has 3 aromatic rings. The number of aromatic hydroxyl groups is 2. The Bertz CT molecular complexity index is 3410. The lowest BCUT2D eigenvalue weighted by molar-refractivity contribution is -0.151. The summed E-state index contributed by atoms with van der Waals surface area (Å²) in [4.78, 5) is 213. The molecule has 0 aliphatic carbocycles. The molecule has 0 spiro atoms. The number of nitrogens with zero attached hydrogens (tertiary/aromatic N) is 4. The number of rotatable bonds is 35. The van der Waals surface area contributed by atoms with Crippen LogP contribution in [0.2, 0.25) is 0 Å². The molecular weight excluding hydrogens is 1280 g/mol. The fraction of sp³-hybridized carbons (Fsp3) is 0.524. The molecule has 3 fully saturated rings. The molecule has 19 N–H and O–H groups in total. The number of primary amides is 2. The summed E-state index contributed by atoms with van der Waals surface area (Å²) in [6, 6.07) is -4.32. The number of phenols is 2. The van der Waals surface area contributed by atoms with Crippen molar-refractivity contribution in [3.63, 3.8) is 0 Å². The fourth-order valence-corrected chi connectivity index (χ4v) is 11.7. The Morgan fingerprint density at radius 1 is 0.531 bits per heavy atom. The molecule has 35 heteroatoms. The number of benzene rings is 2. The molecule has 11 atom stereocenters. The van der Waals surface area contributed by atoms with E-state index in [0.717, 1.165) is 0 Å². The molecule has 0 saturated carbocycles. The van der Waals surface area contributed by atoms with Gasteiger partial charge in [-0.05, 0) is 99.6 Å². The molecule has 35 nitrogen and oxygen atoms in total. The molecule has 0 radical (unpaired) electrons. The van der Waals surface area contributed by atoms with Crippen molar-refractivity contribution in [1.82, 2.24) is 67.2 Å². The molecule has 13 amide bonds. The van der Waals surface area contributed by atoms with Crippen LogP contribution in [0.1, 0.15) is 108 Å². The van der Waals surface area contributed by atoms with Crippen LogP contribution in [-0.2, 0) is 91.2 Å². The van der Waals surface area contributed by atoms with Crippen molar-refractivity contribution >= 4 is 88.7 Å². The van der Waals surface area contributed by atoms with Crippen LogP contribution in [0.3, 0.4) is 0 Å². The van der Waals surface area contributed by atoms with E-state index < -0.39 is 175 Å². The first kappa shape index (κ1) is 76.3. The third-order valence-corrected chi connectivity index (χ3v) is 16.7. The number of H-pyrrole nitrogens is 1. The van der Waals surface area contributed by atoms with Gasteiger partial charge in [0.05, 0.1) is 25.2 Å². The summed E-state index contributed by atoms with van der Waals surface area (Å²) in [7, 11) is 0. The highest BCUT2D eigenvalue weighted by molar-refractivity contribution is 6.01. The highest BCUT2D eigenvalue weighted by Crippen LogP contribution is 2.30. The van der Waals surface area contributed by atoms with Gasteiger partial charge in [0, 0.05) is 57.2 Å². The topological polar surface area (TPSA) is 550 Å². The lowest BCUT2D eigenvalue weighted by atomic mass is 10.00. The Hall–Kier alpha value is -10.7. The predicted octanol–water partition coefficient (Wildman–Crippen LogP) is -4.57. The summed E-state index contributed by atoms with van der Waals surface area (Å²) in [5.74, 6) is -14.9. The number of phenolic OH excluding ortho intramolecular Hbond substituents is 2. The lowest BCUT2D eigenvalue weighted by Crippen LogP contribution is -2.60. The van der Waals surface area contributed by atoms with E-state index in [-0.39, 0.29) is 101 Å². The van der Waals surface area contributed by atoms with E-state index in [0.29, 0.717) is 29.7 Å². The Balaban J connectivity index is 1.14. The second-order valence-electron chi connectivity index (χ2n) is 24.8. The minimum Gasteiger partial charge on any atom is -0.508 e. The van der Waals surface area contributed by atoms with Crippen LogP contribution in [0.15, 0.2) is 61.1 Å². The molecule has 2 aromatic carbocycles. The van der Waals surface area contributed by atoms with E-state index >= 15 is 0 Å². The Labute approximate surface area is 562 Å². The average Bonchev–Trinajstić information content (AvgIpc) is 1.62. The number of aliphatic carboxylic acids is 2. The number of likely N-dealkylation sites (tertiary alicyclic amines) is 3. The summed E-state index contributed by atoms with van der Waals surface area (Å²) in [5, 5.41) is 58.3. The Kier molecular flexibility index (Phi) is 27.9. The number of hydrogen-bond donors (Lipinski definition) is 16. The monoisotopic (exact) mass is 1370 g/mol. The van der Waals surface area contributed by atoms with E-state index in [2.05, 4.69) is 52.5 Å². The van der Waals surface area contributed by atoms with Gasteiger partial charge in [0.2, 0.25) is 76.8 Å². The summed E-state index contributed by atoms with van der Waals surface area (Å²) >= 11 is 0. The van der Waals surface area contributed by atoms with E-state index in [9.17, 15) is 87.2 Å². The quantitative estimate of drug-likeness (QED) is 0.0264. The second-order valence-corrected chi connectivity index (χ2v) is 24.8. The van der Waals surface area contributed by atoms with Crippen LogP contribution in [0.4, 0.5) is 0 Å². The van der Waals surface area contributed by atoms with Crippen LogP contribution < -0.4 is 59.7 Å². The molecule has 3 saturated heterocycles. The van der Waals surface area contributed by atoms with Gasteiger partial charge in [0.15, 0.2) is 0 Å². The summed E-state index contributed by atoms with van der Waals surface area (Å²) in [6.07, 6.45) is 1.07. The molecule has 0 bridgehead atoms.